The summed E-state index contributed by atoms with van der Waals surface area (Å²) in [5.74, 6) is 0.204. The molecule has 2 aliphatic rings. The molecule has 22 heavy (non-hydrogen) atoms. The summed E-state index contributed by atoms with van der Waals surface area (Å²) in [4.78, 5) is 15.1. The summed E-state index contributed by atoms with van der Waals surface area (Å²) in [5, 5.41) is 0. The fourth-order valence-corrected chi connectivity index (χ4v) is 3.21. The number of hydrogen-bond acceptors (Lipinski definition) is 2. The van der Waals surface area contributed by atoms with Gasteiger partial charge in [-0.15, -0.1) is 0 Å². The van der Waals surface area contributed by atoms with Gasteiger partial charge < -0.3 is 9.64 Å². The molecule has 3 rings (SSSR count). The van der Waals surface area contributed by atoms with Gasteiger partial charge in [0, 0.05) is 30.9 Å². The van der Waals surface area contributed by atoms with E-state index in [4.69, 9.17) is 4.74 Å². The first-order chi connectivity index (χ1) is 10.5. The lowest BCUT2D eigenvalue weighted by molar-refractivity contribution is 0.0267. The van der Waals surface area contributed by atoms with Crippen LogP contribution >= 0.6 is 0 Å². The zero-order valence-electron chi connectivity index (χ0n) is 14.0. The van der Waals surface area contributed by atoms with Crippen LogP contribution in [0.25, 0.3) is 0 Å². The van der Waals surface area contributed by atoms with E-state index in [1.807, 2.05) is 12.1 Å². The maximum atomic E-state index is 13.0. The average Bonchev–Trinajstić information content (AvgIpc) is 3.32. The van der Waals surface area contributed by atoms with Crippen molar-refractivity contribution >= 4 is 5.91 Å². The van der Waals surface area contributed by atoms with E-state index in [2.05, 4.69) is 37.8 Å². The van der Waals surface area contributed by atoms with Crippen LogP contribution in [0.1, 0.15) is 62.4 Å². The summed E-state index contributed by atoms with van der Waals surface area (Å²) < 4.78 is 5.45. The van der Waals surface area contributed by atoms with Crippen LogP contribution in [0.4, 0.5) is 0 Å². The Bertz CT molecular complexity index is 519. The zero-order valence-corrected chi connectivity index (χ0v) is 14.0. The Morgan fingerprint density at radius 1 is 1.00 bits per heavy atom. The molecular weight excluding hydrogens is 274 g/mol. The van der Waals surface area contributed by atoms with E-state index in [0.29, 0.717) is 12.1 Å². The predicted molar refractivity (Wildman–Crippen MR) is 88.2 cm³/mol. The maximum absolute atomic E-state index is 13.0. The largest absolute Gasteiger partial charge is 0.381 e. The minimum atomic E-state index is 0.123. The van der Waals surface area contributed by atoms with Crippen molar-refractivity contribution in [1.82, 2.24) is 4.90 Å². The Hall–Kier alpha value is -1.35. The van der Waals surface area contributed by atoms with Gasteiger partial charge in [0.2, 0.25) is 0 Å². The Labute approximate surface area is 133 Å². The Morgan fingerprint density at radius 2 is 1.55 bits per heavy atom. The fraction of sp³-hybridized carbons (Fsp3) is 0.632. The van der Waals surface area contributed by atoms with E-state index >= 15 is 0 Å². The van der Waals surface area contributed by atoms with Crippen molar-refractivity contribution in [1.29, 1.82) is 0 Å². The third-order valence-corrected chi connectivity index (χ3v) is 4.76. The quantitative estimate of drug-likeness (QED) is 0.850. The van der Waals surface area contributed by atoms with E-state index in [0.717, 1.165) is 44.5 Å². The zero-order chi connectivity index (χ0) is 15.7. The van der Waals surface area contributed by atoms with Crippen LogP contribution in [0.2, 0.25) is 0 Å². The normalized spacial score (nSPS) is 20.0. The number of ether oxygens (including phenoxy) is 1. The van der Waals surface area contributed by atoms with Crippen LogP contribution in [0.15, 0.2) is 24.3 Å². The van der Waals surface area contributed by atoms with Gasteiger partial charge in [-0.3, -0.25) is 4.79 Å². The first-order valence-corrected chi connectivity index (χ1v) is 8.48. The van der Waals surface area contributed by atoms with Gasteiger partial charge in [0.15, 0.2) is 0 Å². The number of carbonyl (C=O) groups is 1. The molecule has 1 saturated heterocycles. The van der Waals surface area contributed by atoms with Gasteiger partial charge in [0.25, 0.3) is 5.91 Å². The first kappa shape index (κ1) is 15.5. The Morgan fingerprint density at radius 3 is 2.05 bits per heavy atom. The summed E-state index contributed by atoms with van der Waals surface area (Å²) in [6.07, 6.45) is 4.26. The van der Waals surface area contributed by atoms with Gasteiger partial charge >= 0.3 is 0 Å². The third-order valence-electron chi connectivity index (χ3n) is 4.76. The van der Waals surface area contributed by atoms with Crippen LogP contribution in [0, 0.1) is 0 Å². The topological polar surface area (TPSA) is 29.5 Å². The first-order valence-electron chi connectivity index (χ1n) is 8.48. The number of nitrogens with zero attached hydrogens (tertiary/aromatic N) is 1. The molecule has 0 atom stereocenters. The molecular formula is C19H27NO2. The van der Waals surface area contributed by atoms with Gasteiger partial charge in [0.05, 0.1) is 0 Å². The third kappa shape index (κ3) is 3.35. The molecule has 0 unspecified atom stereocenters. The SMILES string of the molecule is CC(C)(C)c1ccc(C(=O)N(C2CCOCC2)C2CC2)cc1. The van der Waals surface area contributed by atoms with E-state index in [1.165, 1.54) is 5.56 Å². The summed E-state index contributed by atoms with van der Waals surface area (Å²) in [7, 11) is 0. The number of benzene rings is 1. The molecule has 1 amide bonds. The Balaban J connectivity index is 1.78. The van der Waals surface area contributed by atoms with Gasteiger partial charge in [-0.1, -0.05) is 32.9 Å². The van der Waals surface area contributed by atoms with Crippen molar-refractivity contribution in [2.75, 3.05) is 13.2 Å². The van der Waals surface area contributed by atoms with Crippen LogP contribution in [-0.2, 0) is 10.2 Å². The molecule has 3 heteroatoms. The van der Waals surface area contributed by atoms with Crippen LogP contribution in [0.5, 0.6) is 0 Å². The van der Waals surface area contributed by atoms with Crippen molar-refractivity contribution in [3.8, 4) is 0 Å². The maximum Gasteiger partial charge on any atom is 0.254 e. The van der Waals surface area contributed by atoms with Crippen LogP contribution < -0.4 is 0 Å². The van der Waals surface area contributed by atoms with E-state index in [1.54, 1.807) is 0 Å². The summed E-state index contributed by atoms with van der Waals surface area (Å²) in [6.45, 7) is 8.15. The van der Waals surface area contributed by atoms with Crippen LogP contribution in [-0.4, -0.2) is 36.1 Å². The number of carbonyl (C=O) groups excluding carboxylic acids is 1. The molecule has 1 heterocycles. The summed E-state index contributed by atoms with van der Waals surface area (Å²) in [6, 6.07) is 9.01. The fourth-order valence-electron chi connectivity index (χ4n) is 3.21. The summed E-state index contributed by atoms with van der Waals surface area (Å²) >= 11 is 0. The standard InChI is InChI=1S/C19H27NO2/c1-19(2,3)15-6-4-14(5-7-15)18(21)20(16-8-9-16)17-10-12-22-13-11-17/h4-7,16-17H,8-13H2,1-3H3. The molecule has 120 valence electrons. The highest BCUT2D eigenvalue weighted by Gasteiger charge is 2.38. The van der Waals surface area contributed by atoms with Crippen molar-refractivity contribution in [2.24, 2.45) is 0 Å². The number of hydrogen-bond donors (Lipinski definition) is 0. The highest BCUT2D eigenvalue weighted by Crippen LogP contribution is 2.33. The second kappa shape index (κ2) is 6.04. The summed E-state index contributed by atoms with van der Waals surface area (Å²) in [5.41, 5.74) is 2.22. The van der Waals surface area contributed by atoms with Crippen molar-refractivity contribution in [2.45, 2.75) is 64.0 Å². The molecule has 1 aliphatic heterocycles. The molecule has 1 aromatic rings. The lowest BCUT2D eigenvalue weighted by atomic mass is 9.86. The van der Waals surface area contributed by atoms with Crippen LogP contribution in [0.3, 0.4) is 0 Å². The highest BCUT2D eigenvalue weighted by atomic mass is 16.5. The van der Waals surface area contributed by atoms with E-state index in [-0.39, 0.29) is 11.3 Å². The second-order valence-corrected chi connectivity index (χ2v) is 7.61. The van der Waals surface area contributed by atoms with Gasteiger partial charge in [-0.25, -0.2) is 0 Å². The van der Waals surface area contributed by atoms with Gasteiger partial charge in [-0.2, -0.15) is 0 Å². The Kier molecular flexibility index (Phi) is 4.26. The molecule has 1 saturated carbocycles. The minimum Gasteiger partial charge on any atom is -0.381 e. The van der Waals surface area contributed by atoms with E-state index < -0.39 is 0 Å². The molecule has 2 fully saturated rings. The van der Waals surface area contributed by atoms with E-state index in [9.17, 15) is 4.79 Å². The molecule has 3 nitrogen and oxygen atoms in total. The molecule has 0 spiro atoms. The molecule has 0 radical (unpaired) electrons. The molecule has 1 aromatic carbocycles. The van der Waals surface area contributed by atoms with Crippen molar-refractivity contribution in [3.63, 3.8) is 0 Å². The monoisotopic (exact) mass is 301 g/mol. The predicted octanol–water partition coefficient (Wildman–Crippen LogP) is 3.77. The second-order valence-electron chi connectivity index (χ2n) is 7.61. The number of rotatable bonds is 3. The minimum absolute atomic E-state index is 0.123. The smallest absolute Gasteiger partial charge is 0.254 e. The average molecular weight is 301 g/mol. The molecule has 1 aliphatic carbocycles. The lowest BCUT2D eigenvalue weighted by Crippen LogP contribution is -2.44. The highest BCUT2D eigenvalue weighted by molar-refractivity contribution is 5.95. The van der Waals surface area contributed by atoms with Gasteiger partial charge in [-0.05, 0) is 48.8 Å². The van der Waals surface area contributed by atoms with Crippen molar-refractivity contribution < 1.29 is 9.53 Å². The molecule has 0 bridgehead atoms. The molecule has 0 N–H and O–H groups in total. The number of amides is 1. The van der Waals surface area contributed by atoms with Crippen molar-refractivity contribution in [3.05, 3.63) is 35.4 Å². The van der Waals surface area contributed by atoms with Gasteiger partial charge in [0.1, 0.15) is 0 Å². The lowest BCUT2D eigenvalue weighted by Gasteiger charge is -2.34. The molecule has 0 aromatic heterocycles.